The van der Waals surface area contributed by atoms with Gasteiger partial charge in [-0.2, -0.15) is 4.31 Å². The summed E-state index contributed by atoms with van der Waals surface area (Å²) in [6, 6.07) is 5.42. The van der Waals surface area contributed by atoms with Gasteiger partial charge in [0.15, 0.2) is 0 Å². The summed E-state index contributed by atoms with van der Waals surface area (Å²) in [7, 11) is -4.22. The Morgan fingerprint density at radius 3 is 2.62 bits per heavy atom. The van der Waals surface area contributed by atoms with Gasteiger partial charge in [-0.15, -0.1) is 0 Å². The molecule has 0 aliphatic carbocycles. The number of hydrogen-bond donors (Lipinski definition) is 1. The molecule has 2 aromatic rings. The lowest BCUT2D eigenvalue weighted by atomic mass is 9.87. The van der Waals surface area contributed by atoms with Crippen molar-refractivity contribution in [2.24, 2.45) is 0 Å². The first-order chi connectivity index (χ1) is 13.6. The van der Waals surface area contributed by atoms with Crippen LogP contribution < -0.4 is 4.74 Å². The Morgan fingerprint density at radius 1 is 1.28 bits per heavy atom. The van der Waals surface area contributed by atoms with Crippen LogP contribution in [0.1, 0.15) is 29.5 Å². The average molecular weight is 442 g/mol. The Labute approximate surface area is 173 Å². The molecule has 1 N–H and O–H groups in total. The molecule has 29 heavy (non-hydrogen) atoms. The second kappa shape index (κ2) is 7.93. The van der Waals surface area contributed by atoms with E-state index in [2.05, 4.69) is 0 Å². The van der Waals surface area contributed by atoms with E-state index in [1.165, 1.54) is 31.2 Å². The Morgan fingerprint density at radius 2 is 1.97 bits per heavy atom. The second-order valence-electron chi connectivity index (χ2n) is 7.03. The van der Waals surface area contributed by atoms with Gasteiger partial charge in [-0.05, 0) is 48.7 Å². The molecule has 0 bridgehead atoms. The molecule has 9 heteroatoms. The first kappa shape index (κ1) is 21.5. The number of carboxylic acids is 1. The van der Waals surface area contributed by atoms with Crippen LogP contribution >= 0.6 is 11.6 Å². The van der Waals surface area contributed by atoms with Gasteiger partial charge in [0.2, 0.25) is 10.0 Å². The summed E-state index contributed by atoms with van der Waals surface area (Å²) in [6.07, 6.45) is 0. The number of carboxylic acid groups (broad SMARTS) is 1. The van der Waals surface area contributed by atoms with Crippen molar-refractivity contribution in [1.29, 1.82) is 0 Å². The molecule has 2 aromatic carbocycles. The van der Waals surface area contributed by atoms with Crippen molar-refractivity contribution >= 4 is 27.6 Å². The highest BCUT2D eigenvalue weighted by Crippen LogP contribution is 2.37. The smallest absolute Gasteiger partial charge is 0.322 e. The fourth-order valence-corrected chi connectivity index (χ4v) is 5.61. The van der Waals surface area contributed by atoms with Crippen LogP contribution in [0.5, 0.6) is 5.75 Å². The monoisotopic (exact) mass is 441 g/mol. The fraction of sp³-hybridized carbons (Fsp3) is 0.350. The molecule has 156 valence electrons. The van der Waals surface area contributed by atoms with E-state index in [1.807, 2.05) is 0 Å². The van der Waals surface area contributed by atoms with Crippen molar-refractivity contribution in [2.45, 2.75) is 37.6 Å². The number of fused-ring (bicyclic) bond motifs is 1. The van der Waals surface area contributed by atoms with Crippen LogP contribution in [0.2, 0.25) is 5.02 Å². The van der Waals surface area contributed by atoms with Crippen molar-refractivity contribution in [2.75, 3.05) is 13.2 Å². The number of hydrogen-bond acceptors (Lipinski definition) is 4. The molecule has 0 radical (unpaired) electrons. The van der Waals surface area contributed by atoms with Crippen molar-refractivity contribution in [3.05, 3.63) is 57.9 Å². The molecule has 1 heterocycles. The van der Waals surface area contributed by atoms with Crippen LogP contribution in [0.4, 0.5) is 4.39 Å². The summed E-state index contributed by atoms with van der Waals surface area (Å²) < 4.78 is 47.6. The minimum atomic E-state index is -4.22. The molecule has 6 nitrogen and oxygen atoms in total. The Hall–Kier alpha value is -2.16. The quantitative estimate of drug-likeness (QED) is 0.781. The molecule has 1 aliphatic heterocycles. The summed E-state index contributed by atoms with van der Waals surface area (Å²) >= 11 is 5.93. The molecule has 0 saturated carbocycles. The van der Waals surface area contributed by atoms with Gasteiger partial charge in [-0.3, -0.25) is 4.79 Å². The SMILES string of the molecule is Cc1ccc(F)c(C(C)[C@@H](C(=O)O)N2CCOc3cc(Cl)ccc3S2(=O)=O)c1C. The van der Waals surface area contributed by atoms with Crippen molar-refractivity contribution in [3.8, 4) is 5.75 Å². The number of carbonyl (C=O) groups is 1. The zero-order valence-corrected chi connectivity index (χ0v) is 17.7. The van der Waals surface area contributed by atoms with E-state index in [1.54, 1.807) is 19.9 Å². The maximum Gasteiger partial charge on any atom is 0.322 e. The standard InChI is InChI=1S/C20H21ClFNO5S/c1-11-4-6-15(22)18(12(11)2)13(3)19(20(24)25)23-8-9-28-16-10-14(21)5-7-17(16)29(23,26)27/h4-7,10,13,19H,8-9H2,1-3H3,(H,24,25)/t13?,19-/m0/s1. The minimum absolute atomic E-state index is 0.0572. The maximum absolute atomic E-state index is 14.6. The molecular weight excluding hydrogens is 421 g/mol. The van der Waals surface area contributed by atoms with Gasteiger partial charge in [-0.1, -0.05) is 24.6 Å². The Balaban J connectivity index is 2.14. The van der Waals surface area contributed by atoms with Gasteiger partial charge < -0.3 is 9.84 Å². The number of benzene rings is 2. The van der Waals surface area contributed by atoms with Gasteiger partial charge in [-0.25, -0.2) is 12.8 Å². The number of nitrogens with zero attached hydrogens (tertiary/aromatic N) is 1. The molecule has 0 amide bonds. The predicted octanol–water partition coefficient (Wildman–Crippen LogP) is 3.74. The van der Waals surface area contributed by atoms with E-state index in [0.29, 0.717) is 10.6 Å². The largest absolute Gasteiger partial charge is 0.491 e. The minimum Gasteiger partial charge on any atom is -0.491 e. The van der Waals surface area contributed by atoms with E-state index in [9.17, 15) is 22.7 Å². The highest BCUT2D eigenvalue weighted by atomic mass is 35.5. The molecule has 0 aromatic heterocycles. The summed E-state index contributed by atoms with van der Waals surface area (Å²) in [5.41, 5.74) is 1.58. The zero-order chi connectivity index (χ0) is 21.5. The number of sulfonamides is 1. The lowest BCUT2D eigenvalue weighted by molar-refractivity contribution is -0.142. The number of aliphatic carboxylic acids is 1. The highest BCUT2D eigenvalue weighted by Gasteiger charge is 2.43. The molecule has 3 rings (SSSR count). The fourth-order valence-electron chi connectivity index (χ4n) is 3.70. The first-order valence-electron chi connectivity index (χ1n) is 8.98. The average Bonchev–Trinajstić information content (AvgIpc) is 2.75. The van der Waals surface area contributed by atoms with Crippen LogP contribution in [-0.2, 0) is 14.8 Å². The van der Waals surface area contributed by atoms with Gasteiger partial charge in [0, 0.05) is 23.6 Å². The number of aryl methyl sites for hydroxylation is 1. The summed E-state index contributed by atoms with van der Waals surface area (Å²) in [6.45, 7) is 4.76. The second-order valence-corrected chi connectivity index (χ2v) is 9.33. The molecule has 1 unspecified atom stereocenters. The molecule has 0 saturated heterocycles. The van der Waals surface area contributed by atoms with Gasteiger partial charge in [0.1, 0.15) is 29.1 Å². The van der Waals surface area contributed by atoms with Crippen LogP contribution in [0, 0.1) is 19.7 Å². The third kappa shape index (κ3) is 3.84. The van der Waals surface area contributed by atoms with Gasteiger partial charge in [0.25, 0.3) is 0 Å². The van der Waals surface area contributed by atoms with Crippen LogP contribution in [0.3, 0.4) is 0 Å². The van der Waals surface area contributed by atoms with Crippen LogP contribution in [-0.4, -0.2) is 43.0 Å². The van der Waals surface area contributed by atoms with Crippen LogP contribution in [0.25, 0.3) is 0 Å². The molecule has 0 spiro atoms. The van der Waals surface area contributed by atoms with E-state index in [-0.39, 0.29) is 29.4 Å². The number of rotatable bonds is 4. The van der Waals surface area contributed by atoms with E-state index in [4.69, 9.17) is 16.3 Å². The summed E-state index contributed by atoms with van der Waals surface area (Å²) in [5.74, 6) is -2.80. The molecular formula is C20H21ClFNO5S. The van der Waals surface area contributed by atoms with Gasteiger partial charge in [0.05, 0.1) is 0 Å². The third-order valence-corrected chi connectivity index (χ3v) is 7.44. The van der Waals surface area contributed by atoms with Crippen molar-refractivity contribution in [3.63, 3.8) is 0 Å². The molecule has 2 atom stereocenters. The first-order valence-corrected chi connectivity index (χ1v) is 10.8. The Bertz CT molecular complexity index is 1070. The van der Waals surface area contributed by atoms with E-state index >= 15 is 0 Å². The lowest BCUT2D eigenvalue weighted by Gasteiger charge is -2.31. The zero-order valence-electron chi connectivity index (χ0n) is 16.1. The van der Waals surface area contributed by atoms with Crippen molar-refractivity contribution in [1.82, 2.24) is 4.31 Å². The Kier molecular flexibility index (Phi) is 5.89. The summed E-state index contributed by atoms with van der Waals surface area (Å²) in [5, 5.41) is 10.2. The topological polar surface area (TPSA) is 83.9 Å². The third-order valence-electron chi connectivity index (χ3n) is 5.29. The van der Waals surface area contributed by atoms with Gasteiger partial charge >= 0.3 is 5.97 Å². The van der Waals surface area contributed by atoms with Crippen LogP contribution in [0.15, 0.2) is 35.2 Å². The summed E-state index contributed by atoms with van der Waals surface area (Å²) in [4.78, 5) is 12.0. The van der Waals surface area contributed by atoms with Crippen molar-refractivity contribution < 1.29 is 27.4 Å². The maximum atomic E-state index is 14.6. The normalized spacial score (nSPS) is 18.2. The molecule has 0 fully saturated rings. The highest BCUT2D eigenvalue weighted by molar-refractivity contribution is 7.89. The van der Waals surface area contributed by atoms with E-state index in [0.717, 1.165) is 9.87 Å². The lowest BCUT2D eigenvalue weighted by Crippen LogP contribution is -2.48. The number of halogens is 2. The number of ether oxygens (including phenoxy) is 1. The predicted molar refractivity (Wildman–Crippen MR) is 107 cm³/mol. The molecule has 1 aliphatic rings. The van der Waals surface area contributed by atoms with E-state index < -0.39 is 33.8 Å².